The first kappa shape index (κ1) is 20.0. The molecule has 1 aromatic heterocycles. The molecular formula is C20H19Cl3N2O2. The van der Waals surface area contributed by atoms with Crippen molar-refractivity contribution < 1.29 is 9.47 Å². The maximum atomic E-state index is 6.37. The summed E-state index contributed by atoms with van der Waals surface area (Å²) in [5.41, 5.74) is 0.897. The second kappa shape index (κ2) is 10.00. The van der Waals surface area contributed by atoms with Crippen LogP contribution >= 0.6 is 34.8 Å². The first-order chi connectivity index (χ1) is 13.1. The molecule has 0 radical (unpaired) electrons. The van der Waals surface area contributed by atoms with Crippen LogP contribution in [0, 0.1) is 0 Å². The van der Waals surface area contributed by atoms with Crippen molar-refractivity contribution in [2.75, 3.05) is 13.2 Å². The molecule has 3 rings (SSSR count). The van der Waals surface area contributed by atoms with Crippen molar-refractivity contribution >= 4 is 34.8 Å². The van der Waals surface area contributed by atoms with E-state index in [4.69, 9.17) is 44.3 Å². The Kier molecular flexibility index (Phi) is 7.41. The van der Waals surface area contributed by atoms with Crippen molar-refractivity contribution in [2.45, 2.75) is 19.1 Å². The quantitative estimate of drug-likeness (QED) is 0.390. The Hall–Kier alpha value is -1.72. The van der Waals surface area contributed by atoms with Crippen LogP contribution in [-0.2, 0) is 11.3 Å². The molecule has 2 aromatic carbocycles. The molecule has 0 aliphatic heterocycles. The highest BCUT2D eigenvalue weighted by Crippen LogP contribution is 2.29. The highest BCUT2D eigenvalue weighted by molar-refractivity contribution is 6.35. The van der Waals surface area contributed by atoms with E-state index in [1.54, 1.807) is 30.7 Å². The van der Waals surface area contributed by atoms with Gasteiger partial charge in [-0.25, -0.2) is 4.98 Å². The lowest BCUT2D eigenvalue weighted by Gasteiger charge is -2.20. The van der Waals surface area contributed by atoms with Gasteiger partial charge in [-0.15, -0.1) is 0 Å². The SMILES string of the molecule is Clc1ccc(OCCCO[C@H](Cn2ccnc2)c2ccc(Cl)cc2Cl)cc1. The maximum Gasteiger partial charge on any atom is 0.119 e. The number of aromatic nitrogens is 2. The largest absolute Gasteiger partial charge is 0.494 e. The summed E-state index contributed by atoms with van der Waals surface area (Å²) in [6.07, 6.45) is 5.92. The van der Waals surface area contributed by atoms with E-state index in [9.17, 15) is 0 Å². The zero-order valence-electron chi connectivity index (χ0n) is 14.5. The van der Waals surface area contributed by atoms with E-state index in [2.05, 4.69) is 4.98 Å². The molecule has 0 aliphatic carbocycles. The minimum atomic E-state index is -0.209. The van der Waals surface area contributed by atoms with Crippen LogP contribution in [0.3, 0.4) is 0 Å². The van der Waals surface area contributed by atoms with Gasteiger partial charge in [-0.2, -0.15) is 0 Å². The van der Waals surface area contributed by atoms with Gasteiger partial charge < -0.3 is 14.0 Å². The number of halogens is 3. The average molecular weight is 426 g/mol. The summed E-state index contributed by atoms with van der Waals surface area (Å²) in [7, 11) is 0. The van der Waals surface area contributed by atoms with Gasteiger partial charge in [0.25, 0.3) is 0 Å². The van der Waals surface area contributed by atoms with Gasteiger partial charge in [0.1, 0.15) is 11.9 Å². The van der Waals surface area contributed by atoms with Crippen LogP contribution in [0.2, 0.25) is 15.1 Å². The molecule has 0 unspecified atom stereocenters. The van der Waals surface area contributed by atoms with Crippen molar-refractivity contribution in [3.8, 4) is 5.75 Å². The molecule has 0 spiro atoms. The molecular weight excluding hydrogens is 407 g/mol. The number of rotatable bonds is 9. The summed E-state index contributed by atoms with van der Waals surface area (Å²) in [6.45, 7) is 1.69. The summed E-state index contributed by atoms with van der Waals surface area (Å²) in [4.78, 5) is 4.08. The van der Waals surface area contributed by atoms with Gasteiger partial charge in [0, 0.05) is 39.4 Å². The Balaban J connectivity index is 1.55. The van der Waals surface area contributed by atoms with Crippen molar-refractivity contribution in [3.05, 3.63) is 81.8 Å². The van der Waals surface area contributed by atoms with E-state index in [0.29, 0.717) is 34.8 Å². The van der Waals surface area contributed by atoms with Crippen LogP contribution in [-0.4, -0.2) is 22.8 Å². The summed E-state index contributed by atoms with van der Waals surface area (Å²) in [6, 6.07) is 12.7. The summed E-state index contributed by atoms with van der Waals surface area (Å²) in [5.74, 6) is 0.787. The van der Waals surface area contributed by atoms with Crippen molar-refractivity contribution in [2.24, 2.45) is 0 Å². The third-order valence-corrected chi connectivity index (χ3v) is 4.75. The maximum absolute atomic E-state index is 6.37. The first-order valence-corrected chi connectivity index (χ1v) is 9.66. The van der Waals surface area contributed by atoms with Gasteiger partial charge in [0.05, 0.1) is 26.1 Å². The molecule has 0 aliphatic rings. The second-order valence-corrected chi connectivity index (χ2v) is 7.22. The van der Waals surface area contributed by atoms with Crippen LogP contribution in [0.5, 0.6) is 5.75 Å². The fraction of sp³-hybridized carbons (Fsp3) is 0.250. The fourth-order valence-electron chi connectivity index (χ4n) is 2.60. The van der Waals surface area contributed by atoms with Crippen LogP contribution in [0.4, 0.5) is 0 Å². The monoisotopic (exact) mass is 424 g/mol. The Morgan fingerprint density at radius 3 is 2.44 bits per heavy atom. The van der Waals surface area contributed by atoms with Crippen LogP contribution in [0.15, 0.2) is 61.2 Å². The molecule has 0 amide bonds. The number of imidazole rings is 1. The Bertz CT molecular complexity index is 839. The fourth-order valence-corrected chi connectivity index (χ4v) is 3.25. The van der Waals surface area contributed by atoms with Gasteiger partial charge in [-0.1, -0.05) is 40.9 Å². The van der Waals surface area contributed by atoms with Crippen molar-refractivity contribution in [1.29, 1.82) is 0 Å². The molecule has 0 N–H and O–H groups in total. The van der Waals surface area contributed by atoms with E-state index >= 15 is 0 Å². The lowest BCUT2D eigenvalue weighted by Crippen LogP contribution is -2.14. The lowest BCUT2D eigenvalue weighted by molar-refractivity contribution is 0.0337. The van der Waals surface area contributed by atoms with Gasteiger partial charge in [-0.3, -0.25) is 0 Å². The van der Waals surface area contributed by atoms with Gasteiger partial charge in [0.2, 0.25) is 0 Å². The predicted molar refractivity (Wildman–Crippen MR) is 109 cm³/mol. The van der Waals surface area contributed by atoms with Crippen molar-refractivity contribution in [3.63, 3.8) is 0 Å². The molecule has 0 saturated heterocycles. The van der Waals surface area contributed by atoms with E-state index in [1.807, 2.05) is 35.0 Å². The van der Waals surface area contributed by atoms with Gasteiger partial charge in [0.15, 0.2) is 0 Å². The summed E-state index contributed by atoms with van der Waals surface area (Å²) >= 11 is 18.3. The number of hydrogen-bond donors (Lipinski definition) is 0. The zero-order chi connectivity index (χ0) is 19.1. The Morgan fingerprint density at radius 2 is 1.74 bits per heavy atom. The lowest BCUT2D eigenvalue weighted by atomic mass is 10.1. The zero-order valence-corrected chi connectivity index (χ0v) is 16.8. The summed E-state index contributed by atoms with van der Waals surface area (Å²) < 4.78 is 13.8. The highest BCUT2D eigenvalue weighted by atomic mass is 35.5. The minimum Gasteiger partial charge on any atom is -0.494 e. The van der Waals surface area contributed by atoms with Gasteiger partial charge in [-0.05, 0) is 36.4 Å². The third kappa shape index (κ3) is 6.15. The van der Waals surface area contributed by atoms with Gasteiger partial charge >= 0.3 is 0 Å². The summed E-state index contributed by atoms with van der Waals surface area (Å²) in [5, 5.41) is 1.87. The third-order valence-electron chi connectivity index (χ3n) is 3.94. The van der Waals surface area contributed by atoms with E-state index in [1.165, 1.54) is 0 Å². The standard InChI is InChI=1S/C20H19Cl3N2O2/c21-15-2-5-17(6-3-15)26-10-1-11-27-20(13-25-9-8-24-14-25)18-7-4-16(22)12-19(18)23/h2-9,12,14,20H,1,10-11,13H2/t20-/m1/s1. The van der Waals surface area contributed by atoms with Crippen LogP contribution in [0.25, 0.3) is 0 Å². The normalized spacial score (nSPS) is 12.1. The molecule has 0 bridgehead atoms. The van der Waals surface area contributed by atoms with E-state index in [0.717, 1.165) is 17.7 Å². The molecule has 0 fully saturated rings. The van der Waals surface area contributed by atoms with Crippen molar-refractivity contribution in [1.82, 2.24) is 9.55 Å². The number of nitrogens with zero attached hydrogens (tertiary/aromatic N) is 2. The highest BCUT2D eigenvalue weighted by Gasteiger charge is 2.16. The van der Waals surface area contributed by atoms with E-state index < -0.39 is 0 Å². The predicted octanol–water partition coefficient (Wildman–Crippen LogP) is 6.07. The molecule has 7 heteroatoms. The second-order valence-electron chi connectivity index (χ2n) is 5.94. The Morgan fingerprint density at radius 1 is 0.963 bits per heavy atom. The molecule has 27 heavy (non-hydrogen) atoms. The van der Waals surface area contributed by atoms with E-state index in [-0.39, 0.29) is 6.10 Å². The van der Waals surface area contributed by atoms with Crippen LogP contribution in [0.1, 0.15) is 18.1 Å². The van der Waals surface area contributed by atoms with Crippen LogP contribution < -0.4 is 4.74 Å². The molecule has 3 aromatic rings. The molecule has 1 heterocycles. The topological polar surface area (TPSA) is 36.3 Å². The first-order valence-electron chi connectivity index (χ1n) is 8.52. The molecule has 0 saturated carbocycles. The molecule has 1 atom stereocenters. The Labute approximate surface area is 173 Å². The number of benzene rings is 2. The molecule has 142 valence electrons. The average Bonchev–Trinajstić information content (AvgIpc) is 3.15. The molecule has 4 nitrogen and oxygen atoms in total. The number of ether oxygens (including phenoxy) is 2. The minimum absolute atomic E-state index is 0.209. The number of hydrogen-bond acceptors (Lipinski definition) is 3. The smallest absolute Gasteiger partial charge is 0.119 e.